The Morgan fingerprint density at radius 3 is 0.519 bits per heavy atom. The summed E-state index contributed by atoms with van der Waals surface area (Å²) in [6.45, 7) is 28.3. The summed E-state index contributed by atoms with van der Waals surface area (Å²) in [5, 5.41) is 0. The van der Waals surface area contributed by atoms with E-state index in [4.69, 9.17) is 0 Å². The number of anilines is 18. The van der Waals surface area contributed by atoms with Crippen LogP contribution in [-0.2, 0) is 5.41 Å². The molecule has 18 aromatic carbocycles. The fourth-order valence-corrected chi connectivity index (χ4v) is 17.0. The number of hydrogen-bond donors (Lipinski definition) is 0. The van der Waals surface area contributed by atoms with Crippen molar-refractivity contribution in [1.82, 2.24) is 0 Å². The van der Waals surface area contributed by atoms with E-state index in [2.05, 4.69) is 519 Å². The van der Waals surface area contributed by atoms with E-state index in [9.17, 15) is 0 Å². The molecule has 0 radical (unpaired) electrons. The number of benzene rings is 18. The lowest BCUT2D eigenvalue weighted by Gasteiger charge is -2.29. The maximum absolute atomic E-state index is 3.96. The first kappa shape index (κ1) is 84.4. The van der Waals surface area contributed by atoms with Gasteiger partial charge >= 0.3 is 0 Å². The highest BCUT2D eigenvalue weighted by atomic mass is 15.2. The normalized spacial score (nSPS) is 11.3. The molecule has 0 heterocycles. The van der Waals surface area contributed by atoms with Crippen molar-refractivity contribution in [3.8, 4) is 33.4 Å². The van der Waals surface area contributed by atoms with Crippen molar-refractivity contribution >= 4 is 139 Å². The SMILES string of the molecule is C=Cc1ccc(N(c2ccccc2)c2ccc(-c3ccc(N(c4ccccc4)c4ccc(C=C)cc4)cc3)cc2)cc1.C=Cc1ccc(N(c2ccccc2)c2ccc3c(c2)C(C)(C)c2cc(N(c4ccccc4)c4ccc(C=C)cc4)ccc2-3)cc1.C=Cc1cccc(N(c2ccccc2)c2ccc(-c3ccc(N(c4ccccc4)c4cccc(C=C)c4)cc3)cc2)c1. The molecule has 0 atom stereocenters. The van der Waals surface area contributed by atoms with E-state index in [1.807, 2.05) is 60.7 Å². The molecule has 0 N–H and O–H groups in total. The molecule has 0 unspecified atom stereocenters. The number of rotatable bonds is 26. The smallest absolute Gasteiger partial charge is 0.0467 e. The first-order chi connectivity index (χ1) is 63.4. The Bertz CT molecular complexity index is 6440. The zero-order valence-corrected chi connectivity index (χ0v) is 72.8. The number of fused-ring (bicyclic) bond motifs is 3. The summed E-state index contributed by atoms with van der Waals surface area (Å²) in [5.74, 6) is 0. The van der Waals surface area contributed by atoms with Gasteiger partial charge in [0.1, 0.15) is 0 Å². The lowest BCUT2D eigenvalue weighted by molar-refractivity contribution is 0.660. The Hall–Kier alpha value is -16.8. The van der Waals surface area contributed by atoms with Crippen molar-refractivity contribution in [2.75, 3.05) is 29.4 Å². The average Bonchev–Trinajstić information content (AvgIpc) is 1.57. The molecule has 0 saturated heterocycles. The summed E-state index contributed by atoms with van der Waals surface area (Å²) >= 11 is 0. The first-order valence-corrected chi connectivity index (χ1v) is 43.6. The molecular formula is C123H100N6. The third kappa shape index (κ3) is 18.9. The minimum Gasteiger partial charge on any atom is -0.311 e. The van der Waals surface area contributed by atoms with Crippen molar-refractivity contribution in [2.45, 2.75) is 19.3 Å². The molecule has 0 aromatic heterocycles. The molecule has 19 rings (SSSR count). The van der Waals surface area contributed by atoms with Crippen molar-refractivity contribution < 1.29 is 0 Å². The summed E-state index contributed by atoms with van der Waals surface area (Å²) in [6, 6.07) is 163. The number of para-hydroxylation sites is 6. The monoisotopic (exact) mass is 1660 g/mol. The fraction of sp³-hybridized carbons (Fsp3) is 0.0244. The largest absolute Gasteiger partial charge is 0.311 e. The molecule has 0 fully saturated rings. The van der Waals surface area contributed by atoms with Gasteiger partial charge in [-0.15, -0.1) is 0 Å². The van der Waals surface area contributed by atoms with Gasteiger partial charge in [-0.1, -0.05) is 332 Å². The van der Waals surface area contributed by atoms with Crippen molar-refractivity contribution in [2.24, 2.45) is 0 Å². The topological polar surface area (TPSA) is 19.4 Å². The predicted octanol–water partition coefficient (Wildman–Crippen LogP) is 35.4. The van der Waals surface area contributed by atoms with Gasteiger partial charge in [0, 0.05) is 108 Å². The first-order valence-electron chi connectivity index (χ1n) is 43.6. The molecule has 0 aliphatic heterocycles. The Morgan fingerprint density at radius 1 is 0.155 bits per heavy atom. The van der Waals surface area contributed by atoms with E-state index in [0.29, 0.717) is 0 Å². The molecule has 129 heavy (non-hydrogen) atoms. The van der Waals surface area contributed by atoms with E-state index in [0.717, 1.165) is 147 Å². The van der Waals surface area contributed by atoms with Crippen LogP contribution in [0.5, 0.6) is 0 Å². The third-order valence-electron chi connectivity index (χ3n) is 23.7. The fourth-order valence-electron chi connectivity index (χ4n) is 17.0. The van der Waals surface area contributed by atoms with Gasteiger partial charge in [0.2, 0.25) is 0 Å². The van der Waals surface area contributed by atoms with E-state index in [1.54, 1.807) is 0 Å². The Morgan fingerprint density at radius 2 is 0.318 bits per heavy atom. The standard InChI is InChI=1S/C43H36N2.2C40H32N2/c1-5-31-17-21-35(22-18-31)44(33-13-9-7-10-14-33)37-25-27-39-40-28-26-38(30-42(40)43(3,4)41(39)29-37)45(34-15-11-8-12-16-34)36-23-19-32(6-2)20-24-36;1-3-31-13-11-19-39(29-31)41(35-15-7-5-8-16-35)37-25-21-33(22-26-37)34-23-27-38(28-24-34)42(36-17-9-6-10-18-36)40-20-12-14-32(4-2)30-40;1-3-31-15-23-37(24-16-31)41(35-11-7-5-8-12-35)39-27-19-33(20-28-39)34-21-29-40(30-22-34)42(36-13-9-6-10-14-36)38-25-17-32(4-2)18-26-38/h5-30H,1-2H2,3-4H3;2*3-30H,1-2H2. The highest BCUT2D eigenvalue weighted by Gasteiger charge is 2.37. The summed E-state index contributed by atoms with van der Waals surface area (Å²) in [5.41, 5.74) is 36.3. The average molecular weight is 1660 g/mol. The van der Waals surface area contributed by atoms with Gasteiger partial charge in [0.05, 0.1) is 0 Å². The van der Waals surface area contributed by atoms with Crippen LogP contribution in [-0.4, -0.2) is 0 Å². The lowest BCUT2D eigenvalue weighted by Crippen LogP contribution is -2.17. The van der Waals surface area contributed by atoms with E-state index in [1.165, 1.54) is 33.4 Å². The molecule has 18 aromatic rings. The van der Waals surface area contributed by atoms with E-state index >= 15 is 0 Å². The molecule has 0 amide bonds. The zero-order chi connectivity index (χ0) is 88.4. The van der Waals surface area contributed by atoms with Gasteiger partial charge in [-0.05, 0) is 296 Å². The Kier molecular flexibility index (Phi) is 25.8. The van der Waals surface area contributed by atoms with Gasteiger partial charge in [-0.3, -0.25) is 0 Å². The van der Waals surface area contributed by atoms with Crippen LogP contribution in [0, 0.1) is 0 Å². The minimum atomic E-state index is -0.194. The highest BCUT2D eigenvalue weighted by molar-refractivity contribution is 5.91. The van der Waals surface area contributed by atoms with Crippen LogP contribution < -0.4 is 29.4 Å². The second kappa shape index (κ2) is 39.4. The molecule has 1 aliphatic rings. The van der Waals surface area contributed by atoms with Crippen LogP contribution in [0.1, 0.15) is 58.4 Å². The predicted molar refractivity (Wildman–Crippen MR) is 556 cm³/mol. The van der Waals surface area contributed by atoms with Crippen LogP contribution in [0.25, 0.3) is 69.8 Å². The summed E-state index contributed by atoms with van der Waals surface area (Å²) in [6.07, 6.45) is 11.3. The van der Waals surface area contributed by atoms with Gasteiger partial charge in [0.15, 0.2) is 0 Å². The van der Waals surface area contributed by atoms with Crippen molar-refractivity contribution in [1.29, 1.82) is 0 Å². The van der Waals surface area contributed by atoms with E-state index in [-0.39, 0.29) is 5.41 Å². The quantitative estimate of drug-likeness (QED) is 0.0534. The molecule has 1 aliphatic carbocycles. The van der Waals surface area contributed by atoms with Crippen molar-refractivity contribution in [3.05, 3.63) is 545 Å². The van der Waals surface area contributed by atoms with Crippen LogP contribution in [0.2, 0.25) is 0 Å². The second-order valence-electron chi connectivity index (χ2n) is 32.1. The van der Waals surface area contributed by atoms with Gasteiger partial charge in [0.25, 0.3) is 0 Å². The zero-order valence-electron chi connectivity index (χ0n) is 72.8. The van der Waals surface area contributed by atoms with Crippen LogP contribution in [0.4, 0.5) is 102 Å². The maximum Gasteiger partial charge on any atom is 0.0467 e. The molecular weight excluding hydrogens is 1560 g/mol. The van der Waals surface area contributed by atoms with Crippen LogP contribution in [0.15, 0.2) is 501 Å². The second-order valence-corrected chi connectivity index (χ2v) is 32.1. The maximum atomic E-state index is 3.96. The molecule has 0 saturated carbocycles. The van der Waals surface area contributed by atoms with Gasteiger partial charge in [-0.25, -0.2) is 0 Å². The number of nitrogens with zero attached hydrogens (tertiary/aromatic N) is 6. The molecule has 622 valence electrons. The molecule has 0 spiro atoms. The third-order valence-corrected chi connectivity index (χ3v) is 23.7. The molecule has 6 nitrogen and oxygen atoms in total. The Labute approximate surface area is 760 Å². The van der Waals surface area contributed by atoms with Gasteiger partial charge < -0.3 is 29.4 Å². The van der Waals surface area contributed by atoms with Crippen LogP contribution in [0.3, 0.4) is 0 Å². The van der Waals surface area contributed by atoms with E-state index < -0.39 is 0 Å². The number of hydrogen-bond acceptors (Lipinski definition) is 6. The van der Waals surface area contributed by atoms with Crippen molar-refractivity contribution in [3.63, 3.8) is 0 Å². The lowest BCUT2D eigenvalue weighted by atomic mass is 9.82. The summed E-state index contributed by atoms with van der Waals surface area (Å²) < 4.78 is 0. The highest BCUT2D eigenvalue weighted by Crippen LogP contribution is 2.53. The summed E-state index contributed by atoms with van der Waals surface area (Å²) in [4.78, 5) is 13.8. The Balaban J connectivity index is 0.000000136. The molecule has 6 heteroatoms. The summed E-state index contributed by atoms with van der Waals surface area (Å²) in [7, 11) is 0. The molecule has 0 bridgehead atoms. The van der Waals surface area contributed by atoms with Gasteiger partial charge in [-0.2, -0.15) is 0 Å². The minimum absolute atomic E-state index is 0.194. The van der Waals surface area contributed by atoms with Crippen LogP contribution >= 0.6 is 0 Å².